The van der Waals surface area contributed by atoms with Crippen molar-refractivity contribution in [1.82, 2.24) is 0 Å². The lowest BCUT2D eigenvalue weighted by Gasteiger charge is -2.13. The number of carbonyl (C=O) groups excluding carboxylic acids is 2. The smallest absolute Gasteiger partial charge is 0.416 e. The van der Waals surface area contributed by atoms with Gasteiger partial charge >= 0.3 is 22.3 Å². The summed E-state index contributed by atoms with van der Waals surface area (Å²) < 4.78 is 79.3. The largest absolute Gasteiger partial charge is 0.489 e. The molecular formula is C29H28F3NO8S. The molecular weight excluding hydrogens is 579 g/mol. The summed E-state index contributed by atoms with van der Waals surface area (Å²) in [7, 11) is -4.65. The van der Waals surface area contributed by atoms with Crippen LogP contribution in [0.3, 0.4) is 0 Å². The molecule has 0 atom stereocenters. The molecule has 13 heteroatoms. The normalized spacial score (nSPS) is 12.1. The highest BCUT2D eigenvalue weighted by Gasteiger charge is 2.31. The van der Waals surface area contributed by atoms with Crippen LogP contribution in [-0.4, -0.2) is 50.8 Å². The number of aliphatic hydroxyl groups excluding tert-OH is 1. The second-order valence-corrected chi connectivity index (χ2v) is 10.4. The molecule has 3 aromatic rings. The first-order chi connectivity index (χ1) is 20.0. The van der Waals surface area contributed by atoms with E-state index < -0.39 is 38.5 Å². The molecule has 0 aromatic heterocycles. The van der Waals surface area contributed by atoms with Crippen LogP contribution < -0.4 is 4.74 Å². The van der Waals surface area contributed by atoms with E-state index in [1.807, 2.05) is 0 Å². The number of nitrogens with zero attached hydrogens (tertiary/aromatic N) is 1. The maximum absolute atomic E-state index is 13.6. The van der Waals surface area contributed by atoms with E-state index >= 15 is 0 Å². The highest BCUT2D eigenvalue weighted by atomic mass is 32.2. The highest BCUT2D eigenvalue weighted by molar-refractivity contribution is 7.86. The van der Waals surface area contributed by atoms with Gasteiger partial charge in [-0.2, -0.15) is 21.6 Å². The number of unbranched alkanes of at least 4 members (excludes halogenated alkanes) is 2. The van der Waals surface area contributed by atoms with Crippen molar-refractivity contribution in [3.05, 3.63) is 84.4 Å². The second-order valence-electron chi connectivity index (χ2n) is 8.83. The minimum atomic E-state index is -4.66. The van der Waals surface area contributed by atoms with Crippen molar-refractivity contribution in [3.8, 4) is 5.75 Å². The fraction of sp³-hybridized carbons (Fsp3) is 0.276. The van der Waals surface area contributed by atoms with E-state index in [0.29, 0.717) is 47.9 Å². The van der Waals surface area contributed by atoms with Gasteiger partial charge in [-0.1, -0.05) is 42.4 Å². The summed E-state index contributed by atoms with van der Waals surface area (Å²) in [5.74, 6) is -0.832. The molecule has 0 aliphatic heterocycles. The third-order valence-corrected chi connectivity index (χ3v) is 7.05. The summed E-state index contributed by atoms with van der Waals surface area (Å²) in [6.45, 7) is 3.24. The van der Waals surface area contributed by atoms with Gasteiger partial charge in [0.2, 0.25) is 5.78 Å². The van der Waals surface area contributed by atoms with Crippen LogP contribution >= 0.6 is 0 Å². The lowest BCUT2D eigenvalue weighted by Crippen LogP contribution is -2.17. The average Bonchev–Trinajstić information content (AvgIpc) is 2.98. The van der Waals surface area contributed by atoms with Gasteiger partial charge in [0.15, 0.2) is 0 Å². The van der Waals surface area contributed by atoms with Crippen molar-refractivity contribution in [2.24, 2.45) is 5.16 Å². The molecule has 0 aliphatic rings. The van der Waals surface area contributed by atoms with Gasteiger partial charge in [0.1, 0.15) is 29.6 Å². The Morgan fingerprint density at radius 2 is 1.62 bits per heavy atom. The number of carbonyl (C=O) groups is 2. The van der Waals surface area contributed by atoms with Crippen molar-refractivity contribution < 1.29 is 50.0 Å². The molecule has 3 aromatic carbocycles. The summed E-state index contributed by atoms with van der Waals surface area (Å²) in [6, 6.07) is 12.5. The van der Waals surface area contributed by atoms with Gasteiger partial charge in [-0.3, -0.25) is 9.08 Å². The zero-order valence-corrected chi connectivity index (χ0v) is 23.1. The Balaban J connectivity index is 1.89. The van der Waals surface area contributed by atoms with E-state index in [1.54, 1.807) is 24.3 Å². The lowest BCUT2D eigenvalue weighted by molar-refractivity contribution is -0.138. The standard InChI is InChI=1S/C29H28F3NO8S/c1-2-27(35)40-19-18-39-26-16-15-24(22-8-5-6-9-23(22)26)28(36)25(10-4-3-7-17-34)33-41-42(37,38)21-13-11-20(12-14-21)29(30,31)32/h2,5-6,8-9,11-16,34H,1,3-4,7,10,17-19H2/b33-25+. The number of ether oxygens (including phenoxy) is 2. The summed E-state index contributed by atoms with van der Waals surface area (Å²) in [5.41, 5.74) is -1.10. The van der Waals surface area contributed by atoms with E-state index in [4.69, 9.17) is 18.9 Å². The van der Waals surface area contributed by atoms with E-state index in [0.717, 1.165) is 18.2 Å². The predicted molar refractivity (Wildman–Crippen MR) is 148 cm³/mol. The molecule has 1 N–H and O–H groups in total. The minimum Gasteiger partial charge on any atom is -0.489 e. The first-order valence-corrected chi connectivity index (χ1v) is 14.2. The van der Waals surface area contributed by atoms with Crippen molar-refractivity contribution in [2.45, 2.75) is 36.8 Å². The summed E-state index contributed by atoms with van der Waals surface area (Å²) in [5, 5.41) is 13.7. The van der Waals surface area contributed by atoms with Crippen molar-refractivity contribution in [1.29, 1.82) is 0 Å². The molecule has 0 aliphatic carbocycles. The topological polar surface area (TPSA) is 129 Å². The fourth-order valence-electron chi connectivity index (χ4n) is 3.83. The summed E-state index contributed by atoms with van der Waals surface area (Å²) >= 11 is 0. The Morgan fingerprint density at radius 3 is 2.26 bits per heavy atom. The molecule has 0 fully saturated rings. The number of alkyl halides is 3. The molecule has 0 unspecified atom stereocenters. The van der Waals surface area contributed by atoms with Crippen LogP contribution in [0.1, 0.15) is 41.6 Å². The zero-order chi connectivity index (χ0) is 30.8. The van der Waals surface area contributed by atoms with E-state index in [9.17, 15) is 31.2 Å². The lowest BCUT2D eigenvalue weighted by atomic mass is 9.96. The monoisotopic (exact) mass is 607 g/mol. The number of esters is 1. The molecule has 0 bridgehead atoms. The van der Waals surface area contributed by atoms with Gasteiger partial charge in [0.05, 0.1) is 5.56 Å². The minimum absolute atomic E-state index is 0.00259. The molecule has 0 amide bonds. The van der Waals surface area contributed by atoms with Gasteiger partial charge in [0.25, 0.3) is 0 Å². The van der Waals surface area contributed by atoms with Crippen LogP contribution in [0.4, 0.5) is 13.2 Å². The number of rotatable bonds is 15. The number of Topliss-reactive ketones (excluding diaryl/α,β-unsaturated/α-hetero) is 1. The third-order valence-electron chi connectivity index (χ3n) is 5.93. The number of hydrogen-bond acceptors (Lipinski definition) is 9. The third kappa shape index (κ3) is 8.63. The predicted octanol–water partition coefficient (Wildman–Crippen LogP) is 5.46. The molecule has 0 saturated carbocycles. The van der Waals surface area contributed by atoms with Crippen molar-refractivity contribution >= 4 is 38.4 Å². The first kappa shape index (κ1) is 32.3. The number of halogens is 3. The van der Waals surface area contributed by atoms with E-state index in [1.165, 1.54) is 12.1 Å². The zero-order valence-electron chi connectivity index (χ0n) is 22.3. The Bertz CT molecular complexity index is 1550. The van der Waals surface area contributed by atoms with Crippen LogP contribution in [0, 0.1) is 0 Å². The summed E-state index contributed by atoms with van der Waals surface area (Å²) in [4.78, 5) is 24.3. The Labute approximate surface area is 240 Å². The van der Waals surface area contributed by atoms with Gasteiger partial charge in [0, 0.05) is 23.6 Å². The second kappa shape index (κ2) is 14.6. The van der Waals surface area contributed by atoms with Gasteiger partial charge in [-0.05, 0) is 61.0 Å². The van der Waals surface area contributed by atoms with Crippen LogP contribution in [0.2, 0.25) is 0 Å². The van der Waals surface area contributed by atoms with Crippen molar-refractivity contribution in [2.75, 3.05) is 19.8 Å². The Kier molecular flexibility index (Phi) is 11.2. The average molecular weight is 608 g/mol. The fourth-order valence-corrected chi connectivity index (χ4v) is 4.58. The number of benzene rings is 3. The van der Waals surface area contributed by atoms with Crippen LogP contribution in [0.5, 0.6) is 5.75 Å². The van der Waals surface area contributed by atoms with Crippen molar-refractivity contribution in [3.63, 3.8) is 0 Å². The molecule has 42 heavy (non-hydrogen) atoms. The van der Waals surface area contributed by atoms with Crippen LogP contribution in [0.25, 0.3) is 10.8 Å². The van der Waals surface area contributed by atoms with Gasteiger partial charge in [-0.25, -0.2) is 4.79 Å². The molecule has 9 nitrogen and oxygen atoms in total. The van der Waals surface area contributed by atoms with E-state index in [2.05, 4.69) is 11.7 Å². The molecule has 224 valence electrons. The summed E-state index contributed by atoms with van der Waals surface area (Å²) in [6.07, 6.45) is -2.30. The Hall–Kier alpha value is -4.23. The molecule has 0 radical (unpaired) electrons. The SMILES string of the molecule is C=CC(=O)OCCOc1ccc(C(=O)/C(CCCCCO)=N/OS(=O)(=O)c2ccc(C(F)(F)F)cc2)c2ccccc12. The maximum Gasteiger partial charge on any atom is 0.416 e. The highest BCUT2D eigenvalue weighted by Crippen LogP contribution is 2.31. The number of fused-ring (bicyclic) bond motifs is 1. The van der Waals surface area contributed by atoms with E-state index in [-0.39, 0.29) is 37.5 Å². The van der Waals surface area contributed by atoms with Gasteiger partial charge < -0.3 is 14.6 Å². The Morgan fingerprint density at radius 1 is 0.929 bits per heavy atom. The number of aliphatic hydroxyl groups is 1. The number of hydrogen-bond donors (Lipinski definition) is 1. The van der Waals surface area contributed by atoms with Crippen LogP contribution in [-0.2, 0) is 30.1 Å². The first-order valence-electron chi connectivity index (χ1n) is 12.7. The maximum atomic E-state index is 13.6. The molecule has 0 spiro atoms. The number of oxime groups is 1. The van der Waals surface area contributed by atoms with Gasteiger partial charge in [-0.15, -0.1) is 0 Å². The molecule has 3 rings (SSSR count). The molecule has 0 saturated heterocycles. The quantitative estimate of drug-likeness (QED) is 0.0602. The number of ketones is 1. The molecule has 0 heterocycles. The van der Waals surface area contributed by atoms with Crippen LogP contribution in [0.15, 0.2) is 83.4 Å².